The maximum Gasteiger partial charge on any atom is 0.327 e. The molecule has 0 aromatic heterocycles. The molecule has 0 aliphatic carbocycles. The first-order valence-electron chi connectivity index (χ1n) is 3.35. The van der Waals surface area contributed by atoms with Gasteiger partial charge in [0, 0.05) is 13.6 Å². The van der Waals surface area contributed by atoms with Gasteiger partial charge < -0.3 is 4.90 Å². The van der Waals surface area contributed by atoms with Crippen LogP contribution in [0, 0.1) is 0 Å². The molecule has 1 fully saturated rings. The Morgan fingerprint density at radius 1 is 1.55 bits per heavy atom. The van der Waals surface area contributed by atoms with Gasteiger partial charge in [-0.2, -0.15) is 0 Å². The number of amides is 3. The highest BCUT2D eigenvalue weighted by molar-refractivity contribution is 7.81. The molecule has 1 aliphatic heterocycles. The number of thiol groups is 1. The minimum atomic E-state index is -0.586. The van der Waals surface area contributed by atoms with E-state index < -0.39 is 5.37 Å². The van der Waals surface area contributed by atoms with Crippen molar-refractivity contribution >= 4 is 24.6 Å². The molecule has 1 heterocycles. The Morgan fingerprint density at radius 2 is 2.09 bits per heavy atom. The lowest BCUT2D eigenvalue weighted by molar-refractivity contribution is -0.125. The highest BCUT2D eigenvalue weighted by atomic mass is 32.1. The number of urea groups is 1. The molecule has 0 aromatic carbocycles. The van der Waals surface area contributed by atoms with Crippen molar-refractivity contribution in [3.63, 3.8) is 0 Å². The van der Waals surface area contributed by atoms with Gasteiger partial charge in [-0.3, -0.25) is 9.69 Å². The molecule has 0 spiro atoms. The van der Waals surface area contributed by atoms with Crippen LogP contribution in [0.2, 0.25) is 0 Å². The van der Waals surface area contributed by atoms with Crippen LogP contribution in [-0.2, 0) is 4.79 Å². The standard InChI is InChI=1S/C6H10N2O2S/c1-3-8-5(11)4(9)7(2)6(8)10/h5,11H,3H2,1-2H3. The summed E-state index contributed by atoms with van der Waals surface area (Å²) in [5.74, 6) is -0.250. The Bertz CT molecular complexity index is 207. The highest BCUT2D eigenvalue weighted by Crippen LogP contribution is 2.17. The fourth-order valence-electron chi connectivity index (χ4n) is 1.01. The van der Waals surface area contributed by atoms with Crippen molar-refractivity contribution in [3.8, 4) is 0 Å². The maximum absolute atomic E-state index is 11.1. The van der Waals surface area contributed by atoms with Crippen LogP contribution in [0.25, 0.3) is 0 Å². The van der Waals surface area contributed by atoms with Crippen LogP contribution in [-0.4, -0.2) is 40.7 Å². The van der Waals surface area contributed by atoms with Crippen molar-refractivity contribution in [1.82, 2.24) is 9.80 Å². The Kier molecular flexibility index (Phi) is 2.08. The molecule has 0 N–H and O–H groups in total. The summed E-state index contributed by atoms with van der Waals surface area (Å²) < 4.78 is 0. The van der Waals surface area contributed by atoms with Crippen LogP contribution in [0.1, 0.15) is 6.92 Å². The number of likely N-dealkylation sites (N-methyl/N-ethyl adjacent to an activating group) is 2. The predicted octanol–water partition coefficient (Wildman–Crippen LogP) is 0.156. The van der Waals surface area contributed by atoms with Crippen molar-refractivity contribution in [2.24, 2.45) is 0 Å². The van der Waals surface area contributed by atoms with Gasteiger partial charge in [-0.1, -0.05) is 0 Å². The lowest BCUT2D eigenvalue weighted by Gasteiger charge is -2.14. The average molecular weight is 174 g/mol. The average Bonchev–Trinajstić information content (AvgIpc) is 2.17. The molecule has 1 aliphatic rings. The number of rotatable bonds is 1. The van der Waals surface area contributed by atoms with E-state index in [1.165, 1.54) is 11.9 Å². The zero-order valence-corrected chi connectivity index (χ0v) is 7.34. The topological polar surface area (TPSA) is 40.6 Å². The molecule has 62 valence electrons. The second kappa shape index (κ2) is 2.73. The molecule has 1 unspecified atom stereocenters. The van der Waals surface area contributed by atoms with Gasteiger partial charge in [0.2, 0.25) is 0 Å². The predicted molar refractivity (Wildman–Crippen MR) is 43.3 cm³/mol. The van der Waals surface area contributed by atoms with Crippen molar-refractivity contribution in [2.45, 2.75) is 12.3 Å². The minimum absolute atomic E-state index is 0.250. The largest absolute Gasteiger partial charge is 0.327 e. The number of nitrogens with zero attached hydrogens (tertiary/aromatic N) is 2. The zero-order chi connectivity index (χ0) is 8.59. The fraction of sp³-hybridized carbons (Fsp3) is 0.667. The Balaban J connectivity index is 2.86. The van der Waals surface area contributed by atoms with E-state index in [2.05, 4.69) is 12.6 Å². The van der Waals surface area contributed by atoms with Gasteiger partial charge in [-0.15, -0.1) is 12.6 Å². The van der Waals surface area contributed by atoms with Crippen LogP contribution in [0.4, 0.5) is 4.79 Å². The second-order valence-corrected chi connectivity index (χ2v) is 2.83. The van der Waals surface area contributed by atoms with E-state index in [0.29, 0.717) is 6.54 Å². The number of imide groups is 1. The van der Waals surface area contributed by atoms with Crippen molar-refractivity contribution in [2.75, 3.05) is 13.6 Å². The van der Waals surface area contributed by atoms with Gasteiger partial charge >= 0.3 is 6.03 Å². The lowest BCUT2D eigenvalue weighted by Crippen LogP contribution is -2.31. The minimum Gasteiger partial charge on any atom is -0.304 e. The number of hydrogen-bond acceptors (Lipinski definition) is 3. The van der Waals surface area contributed by atoms with Crippen molar-refractivity contribution in [3.05, 3.63) is 0 Å². The number of carbonyl (C=O) groups is 2. The van der Waals surface area contributed by atoms with Crippen LogP contribution in [0.15, 0.2) is 0 Å². The maximum atomic E-state index is 11.1. The quantitative estimate of drug-likeness (QED) is 0.454. The van der Waals surface area contributed by atoms with E-state index >= 15 is 0 Å². The molecule has 3 amide bonds. The summed E-state index contributed by atoms with van der Waals surface area (Å²) in [6.07, 6.45) is 0. The monoisotopic (exact) mass is 174 g/mol. The number of carbonyl (C=O) groups excluding carboxylic acids is 2. The van der Waals surface area contributed by atoms with E-state index in [1.807, 2.05) is 6.92 Å². The first-order valence-corrected chi connectivity index (χ1v) is 3.87. The number of hydrogen-bond donors (Lipinski definition) is 1. The van der Waals surface area contributed by atoms with Gasteiger partial charge in [-0.25, -0.2) is 4.79 Å². The third-order valence-corrected chi connectivity index (χ3v) is 2.22. The van der Waals surface area contributed by atoms with Gasteiger partial charge in [0.25, 0.3) is 5.91 Å². The molecule has 0 aromatic rings. The van der Waals surface area contributed by atoms with Gasteiger partial charge in [0.15, 0.2) is 5.37 Å². The summed E-state index contributed by atoms with van der Waals surface area (Å²) in [6.45, 7) is 2.33. The van der Waals surface area contributed by atoms with E-state index in [1.54, 1.807) is 0 Å². The molecule has 0 saturated carbocycles. The summed E-state index contributed by atoms with van der Waals surface area (Å²) in [6, 6.07) is -0.266. The molecule has 1 rings (SSSR count). The molecular weight excluding hydrogens is 164 g/mol. The third-order valence-electron chi connectivity index (χ3n) is 1.72. The van der Waals surface area contributed by atoms with Crippen LogP contribution < -0.4 is 0 Å². The fourth-order valence-corrected chi connectivity index (χ4v) is 1.44. The molecule has 0 radical (unpaired) electrons. The smallest absolute Gasteiger partial charge is 0.304 e. The first-order chi connectivity index (χ1) is 5.09. The van der Waals surface area contributed by atoms with Crippen molar-refractivity contribution in [1.29, 1.82) is 0 Å². The SMILES string of the molecule is CCN1C(=O)N(C)C(=O)C1S. The van der Waals surface area contributed by atoms with E-state index in [0.717, 1.165) is 4.90 Å². The van der Waals surface area contributed by atoms with Crippen LogP contribution in [0.5, 0.6) is 0 Å². The second-order valence-electron chi connectivity index (χ2n) is 2.34. The van der Waals surface area contributed by atoms with E-state index in [9.17, 15) is 9.59 Å². The zero-order valence-electron chi connectivity index (χ0n) is 6.44. The lowest BCUT2D eigenvalue weighted by atomic mass is 10.5. The summed E-state index contributed by atoms with van der Waals surface area (Å²) in [5, 5.41) is -0.586. The summed E-state index contributed by atoms with van der Waals surface area (Å²) in [5.41, 5.74) is 0. The molecule has 0 bridgehead atoms. The van der Waals surface area contributed by atoms with E-state index in [-0.39, 0.29) is 11.9 Å². The summed E-state index contributed by atoms with van der Waals surface area (Å²) in [4.78, 5) is 24.7. The molecule has 5 heteroatoms. The molecule has 1 atom stereocenters. The molecular formula is C6H10N2O2S. The van der Waals surface area contributed by atoms with Gasteiger partial charge in [-0.05, 0) is 6.92 Å². The normalized spacial score (nSPS) is 25.2. The Labute approximate surface area is 70.6 Å². The first kappa shape index (κ1) is 8.39. The van der Waals surface area contributed by atoms with Gasteiger partial charge in [0.05, 0.1) is 0 Å². The Morgan fingerprint density at radius 3 is 2.27 bits per heavy atom. The summed E-state index contributed by atoms with van der Waals surface area (Å²) in [7, 11) is 1.46. The highest BCUT2D eigenvalue weighted by Gasteiger charge is 2.39. The third kappa shape index (κ3) is 1.09. The van der Waals surface area contributed by atoms with Crippen LogP contribution in [0.3, 0.4) is 0 Å². The van der Waals surface area contributed by atoms with E-state index in [4.69, 9.17) is 0 Å². The molecule has 1 saturated heterocycles. The summed E-state index contributed by atoms with van der Waals surface area (Å²) >= 11 is 3.99. The molecule has 11 heavy (non-hydrogen) atoms. The Hall–Kier alpha value is -0.710. The van der Waals surface area contributed by atoms with Crippen molar-refractivity contribution < 1.29 is 9.59 Å². The van der Waals surface area contributed by atoms with Crippen LogP contribution >= 0.6 is 12.6 Å². The molecule has 4 nitrogen and oxygen atoms in total. The van der Waals surface area contributed by atoms with Gasteiger partial charge in [0.1, 0.15) is 0 Å².